The molecule has 0 fully saturated rings. The van der Waals surface area contributed by atoms with E-state index in [-0.39, 0.29) is 31.0 Å². The fourth-order valence-corrected chi connectivity index (χ4v) is 2.24. The number of anilines is 1. The zero-order chi connectivity index (χ0) is 19.7. The number of amides is 2. The van der Waals surface area contributed by atoms with Crippen molar-refractivity contribution in [3.05, 3.63) is 29.8 Å². The fourth-order valence-electron chi connectivity index (χ4n) is 2.24. The van der Waals surface area contributed by atoms with Crippen LogP contribution in [0.15, 0.2) is 24.3 Å². The molecule has 0 spiro atoms. The van der Waals surface area contributed by atoms with Gasteiger partial charge in [-0.05, 0) is 30.7 Å². The van der Waals surface area contributed by atoms with E-state index in [0.717, 1.165) is 0 Å². The molecule has 0 aliphatic heterocycles. The first-order valence-corrected chi connectivity index (χ1v) is 8.01. The maximum Gasteiger partial charge on any atom is 0.309 e. The van der Waals surface area contributed by atoms with E-state index in [4.69, 9.17) is 22.7 Å². The first-order valence-electron chi connectivity index (χ1n) is 8.01. The first kappa shape index (κ1) is 20.7. The zero-order valence-electron chi connectivity index (χ0n) is 14.4. The minimum atomic E-state index is -1.08. The molecular weight excluding hydrogens is 336 g/mol. The number of carboxylic acid groups (broad SMARTS) is 1. The number of nitrogens with one attached hydrogen (secondary N) is 3. The van der Waals surface area contributed by atoms with Crippen molar-refractivity contribution in [3.63, 3.8) is 0 Å². The van der Waals surface area contributed by atoms with Gasteiger partial charge in [0.15, 0.2) is 0 Å². The SMILES string of the molecule is C#CC(NC(=O)CCC(=O)Nc1ccc(C(=N)N)cc1)C(CC)C(=O)O. The van der Waals surface area contributed by atoms with Crippen LogP contribution in [0.5, 0.6) is 0 Å². The highest BCUT2D eigenvalue weighted by atomic mass is 16.4. The number of hydrogen-bond donors (Lipinski definition) is 5. The molecule has 0 radical (unpaired) electrons. The monoisotopic (exact) mass is 358 g/mol. The number of benzene rings is 1. The second-order valence-electron chi connectivity index (χ2n) is 5.60. The van der Waals surface area contributed by atoms with Crippen LogP contribution < -0.4 is 16.4 Å². The van der Waals surface area contributed by atoms with Gasteiger partial charge in [0, 0.05) is 24.1 Å². The maximum atomic E-state index is 11.9. The number of nitrogen functional groups attached to an aromatic ring is 1. The van der Waals surface area contributed by atoms with Crippen molar-refractivity contribution in [1.29, 1.82) is 5.41 Å². The lowest BCUT2D eigenvalue weighted by molar-refractivity contribution is -0.142. The molecular formula is C18H22N4O4. The van der Waals surface area contributed by atoms with Crippen LogP contribution in [-0.4, -0.2) is 34.8 Å². The highest BCUT2D eigenvalue weighted by Gasteiger charge is 2.26. The fraction of sp³-hybridized carbons (Fsp3) is 0.333. The smallest absolute Gasteiger partial charge is 0.309 e. The Balaban J connectivity index is 2.51. The van der Waals surface area contributed by atoms with Gasteiger partial charge in [-0.25, -0.2) is 0 Å². The average Bonchev–Trinajstić information content (AvgIpc) is 2.59. The molecule has 2 atom stereocenters. The average molecular weight is 358 g/mol. The van der Waals surface area contributed by atoms with E-state index in [1.165, 1.54) is 0 Å². The van der Waals surface area contributed by atoms with E-state index in [1.54, 1.807) is 31.2 Å². The van der Waals surface area contributed by atoms with Crippen molar-refractivity contribution in [2.45, 2.75) is 32.2 Å². The van der Waals surface area contributed by atoms with Gasteiger partial charge in [0.25, 0.3) is 0 Å². The van der Waals surface area contributed by atoms with Crippen LogP contribution in [0.2, 0.25) is 0 Å². The van der Waals surface area contributed by atoms with E-state index in [1.807, 2.05) is 0 Å². The molecule has 0 saturated heterocycles. The molecule has 26 heavy (non-hydrogen) atoms. The van der Waals surface area contributed by atoms with Crippen LogP contribution in [0, 0.1) is 23.7 Å². The number of amidine groups is 1. The Morgan fingerprint density at radius 2 is 1.81 bits per heavy atom. The summed E-state index contributed by atoms with van der Waals surface area (Å²) in [6.07, 6.45) is 5.37. The van der Waals surface area contributed by atoms with Crippen LogP contribution in [0.1, 0.15) is 31.7 Å². The number of rotatable bonds is 9. The summed E-state index contributed by atoms with van der Waals surface area (Å²) in [5, 5.41) is 21.5. The van der Waals surface area contributed by atoms with Gasteiger partial charge in [-0.3, -0.25) is 19.8 Å². The van der Waals surface area contributed by atoms with Crippen molar-refractivity contribution in [2.75, 3.05) is 5.32 Å². The van der Waals surface area contributed by atoms with E-state index in [9.17, 15) is 14.4 Å². The van der Waals surface area contributed by atoms with E-state index >= 15 is 0 Å². The molecule has 8 nitrogen and oxygen atoms in total. The molecule has 0 bridgehead atoms. The van der Waals surface area contributed by atoms with Gasteiger partial charge >= 0.3 is 5.97 Å². The molecule has 2 amide bonds. The summed E-state index contributed by atoms with van der Waals surface area (Å²) < 4.78 is 0. The van der Waals surface area contributed by atoms with Crippen LogP contribution >= 0.6 is 0 Å². The number of carboxylic acids is 1. The Morgan fingerprint density at radius 3 is 2.27 bits per heavy atom. The number of carbonyl (C=O) groups excluding carboxylic acids is 2. The Bertz CT molecular complexity index is 722. The Kier molecular flexibility index (Phi) is 7.83. The molecule has 0 aliphatic carbocycles. The lowest BCUT2D eigenvalue weighted by atomic mass is 9.97. The lowest BCUT2D eigenvalue weighted by Gasteiger charge is -2.19. The van der Waals surface area contributed by atoms with Crippen LogP contribution in [0.4, 0.5) is 5.69 Å². The molecule has 0 aliphatic rings. The number of carbonyl (C=O) groups is 3. The van der Waals surface area contributed by atoms with E-state index in [0.29, 0.717) is 11.3 Å². The summed E-state index contributed by atoms with van der Waals surface area (Å²) in [5.41, 5.74) is 6.39. The summed E-state index contributed by atoms with van der Waals surface area (Å²) in [6.45, 7) is 1.67. The van der Waals surface area contributed by atoms with Crippen molar-refractivity contribution in [3.8, 4) is 12.3 Å². The summed E-state index contributed by atoms with van der Waals surface area (Å²) >= 11 is 0. The van der Waals surface area contributed by atoms with E-state index in [2.05, 4.69) is 16.6 Å². The van der Waals surface area contributed by atoms with Gasteiger partial charge < -0.3 is 21.5 Å². The minimum Gasteiger partial charge on any atom is -0.481 e. The largest absolute Gasteiger partial charge is 0.481 e. The van der Waals surface area contributed by atoms with Crippen molar-refractivity contribution < 1.29 is 19.5 Å². The predicted molar refractivity (Wildman–Crippen MR) is 97.5 cm³/mol. The molecule has 2 unspecified atom stereocenters. The third kappa shape index (κ3) is 6.28. The second kappa shape index (κ2) is 9.84. The molecule has 138 valence electrons. The number of hydrogen-bond acceptors (Lipinski definition) is 4. The topological polar surface area (TPSA) is 145 Å². The summed E-state index contributed by atoms with van der Waals surface area (Å²) in [5.74, 6) is -0.634. The quantitative estimate of drug-likeness (QED) is 0.253. The highest BCUT2D eigenvalue weighted by Crippen LogP contribution is 2.11. The molecule has 6 N–H and O–H groups in total. The third-order valence-corrected chi connectivity index (χ3v) is 3.71. The highest BCUT2D eigenvalue weighted by molar-refractivity contribution is 5.96. The van der Waals surface area contributed by atoms with Crippen molar-refractivity contribution in [2.24, 2.45) is 11.7 Å². The van der Waals surface area contributed by atoms with Gasteiger partial charge in [-0.15, -0.1) is 6.42 Å². The van der Waals surface area contributed by atoms with Gasteiger partial charge in [-0.2, -0.15) is 0 Å². The summed E-state index contributed by atoms with van der Waals surface area (Å²) in [7, 11) is 0. The Morgan fingerprint density at radius 1 is 1.23 bits per heavy atom. The first-order chi connectivity index (χ1) is 12.3. The van der Waals surface area contributed by atoms with Crippen LogP contribution in [-0.2, 0) is 14.4 Å². The molecule has 1 aromatic rings. The number of aliphatic carboxylic acids is 1. The molecule has 1 rings (SSSR count). The normalized spacial score (nSPS) is 12.3. The second-order valence-corrected chi connectivity index (χ2v) is 5.60. The molecule has 0 saturated carbocycles. The minimum absolute atomic E-state index is 0.0747. The number of nitrogens with two attached hydrogens (primary N) is 1. The van der Waals surface area contributed by atoms with Crippen LogP contribution in [0.25, 0.3) is 0 Å². The zero-order valence-corrected chi connectivity index (χ0v) is 14.4. The molecule has 1 aromatic carbocycles. The van der Waals surface area contributed by atoms with Gasteiger partial charge in [0.05, 0.1) is 5.92 Å². The molecule has 8 heteroatoms. The molecule has 0 heterocycles. The standard InChI is InChI=1S/C18H22N4O4/c1-3-13(18(25)26)14(4-2)22-16(24)10-9-15(23)21-12-7-5-11(6-8-12)17(19)20/h2,5-8,13-14H,3,9-10H2,1H3,(H3,19,20)(H,21,23)(H,22,24)(H,25,26). The third-order valence-electron chi connectivity index (χ3n) is 3.71. The maximum absolute atomic E-state index is 11.9. The Labute approximate surface area is 151 Å². The van der Waals surface area contributed by atoms with Crippen molar-refractivity contribution >= 4 is 29.3 Å². The lowest BCUT2D eigenvalue weighted by Crippen LogP contribution is -2.42. The number of terminal acetylenes is 1. The predicted octanol–water partition coefficient (Wildman–Crippen LogP) is 0.918. The Hall–Kier alpha value is -3.34. The van der Waals surface area contributed by atoms with Gasteiger partial charge in [-0.1, -0.05) is 12.8 Å². The summed E-state index contributed by atoms with van der Waals surface area (Å²) in [4.78, 5) is 34.9. The summed E-state index contributed by atoms with van der Waals surface area (Å²) in [6, 6.07) is 5.47. The van der Waals surface area contributed by atoms with Crippen LogP contribution in [0.3, 0.4) is 0 Å². The van der Waals surface area contributed by atoms with Gasteiger partial charge in [0.2, 0.25) is 11.8 Å². The van der Waals surface area contributed by atoms with Gasteiger partial charge in [0.1, 0.15) is 11.9 Å². The molecule has 0 aromatic heterocycles. The van der Waals surface area contributed by atoms with E-state index < -0.39 is 23.8 Å². The van der Waals surface area contributed by atoms with Crippen molar-refractivity contribution in [1.82, 2.24) is 5.32 Å².